The smallest absolute Gasteiger partial charge is 0.239 e. The van der Waals surface area contributed by atoms with Gasteiger partial charge in [-0.3, -0.25) is 4.79 Å². The van der Waals surface area contributed by atoms with E-state index in [9.17, 15) is 4.79 Å². The number of carbonyl (C=O) groups is 1. The van der Waals surface area contributed by atoms with Gasteiger partial charge in [-0.1, -0.05) is 39.8 Å². The Balaban J connectivity index is 1.63. The number of rotatable bonds is 6. The molecule has 0 spiro atoms. The maximum atomic E-state index is 12.1. The standard InChI is InChI=1S/C19H18BrN3O3S/c1-25-15-8-5-13(9-16(15)26-2)11-21-23-19-22-18(24)17(27-19)10-12-3-6-14(20)7-4-12/h3-9,11,17H,10H2,1-2H3,(H,22,23,24). The van der Waals surface area contributed by atoms with E-state index in [0.29, 0.717) is 23.1 Å². The zero-order valence-corrected chi connectivity index (χ0v) is 17.2. The molecule has 1 heterocycles. The Morgan fingerprint density at radius 3 is 2.59 bits per heavy atom. The summed E-state index contributed by atoms with van der Waals surface area (Å²) in [5, 5.41) is 11.2. The lowest BCUT2D eigenvalue weighted by Crippen LogP contribution is -2.25. The summed E-state index contributed by atoms with van der Waals surface area (Å²) in [6.07, 6.45) is 2.24. The van der Waals surface area contributed by atoms with Gasteiger partial charge in [0.15, 0.2) is 16.7 Å². The summed E-state index contributed by atoms with van der Waals surface area (Å²) in [6.45, 7) is 0. The predicted molar refractivity (Wildman–Crippen MR) is 112 cm³/mol. The average molecular weight is 448 g/mol. The lowest BCUT2D eigenvalue weighted by atomic mass is 10.1. The van der Waals surface area contributed by atoms with Crippen LogP contribution in [0.2, 0.25) is 0 Å². The largest absolute Gasteiger partial charge is 0.493 e. The van der Waals surface area contributed by atoms with E-state index in [1.54, 1.807) is 32.6 Å². The molecular weight excluding hydrogens is 430 g/mol. The normalized spacial score (nSPS) is 18.1. The van der Waals surface area contributed by atoms with Gasteiger partial charge in [0.1, 0.15) is 0 Å². The highest BCUT2D eigenvalue weighted by molar-refractivity contribution is 9.10. The van der Waals surface area contributed by atoms with E-state index in [4.69, 9.17) is 9.47 Å². The molecule has 3 rings (SSSR count). The SMILES string of the molecule is COc1ccc(C=N/N=C2\NC(=O)C(Cc3ccc(Br)cc3)S2)cc1OC. The number of hydrogen-bond donors (Lipinski definition) is 1. The Hall–Kier alpha value is -2.32. The topological polar surface area (TPSA) is 72.3 Å². The van der Waals surface area contributed by atoms with Gasteiger partial charge in [0, 0.05) is 4.47 Å². The van der Waals surface area contributed by atoms with Crippen LogP contribution in [0, 0.1) is 0 Å². The maximum absolute atomic E-state index is 12.1. The second-order valence-corrected chi connectivity index (χ2v) is 7.80. The van der Waals surface area contributed by atoms with E-state index in [1.165, 1.54) is 11.8 Å². The van der Waals surface area contributed by atoms with E-state index >= 15 is 0 Å². The third-order valence-corrected chi connectivity index (χ3v) is 5.47. The van der Waals surface area contributed by atoms with Crippen molar-refractivity contribution in [1.29, 1.82) is 0 Å². The van der Waals surface area contributed by atoms with Crippen molar-refractivity contribution in [3.63, 3.8) is 0 Å². The number of thioether (sulfide) groups is 1. The first-order valence-corrected chi connectivity index (χ1v) is 9.81. The number of halogens is 1. The van der Waals surface area contributed by atoms with Crippen LogP contribution in [0.3, 0.4) is 0 Å². The number of benzene rings is 2. The number of amides is 1. The number of hydrogen-bond acceptors (Lipinski definition) is 6. The molecule has 140 valence electrons. The Morgan fingerprint density at radius 1 is 1.15 bits per heavy atom. The maximum Gasteiger partial charge on any atom is 0.239 e. The zero-order valence-electron chi connectivity index (χ0n) is 14.8. The highest BCUT2D eigenvalue weighted by Gasteiger charge is 2.30. The number of carbonyl (C=O) groups excluding carboxylic acids is 1. The van der Waals surface area contributed by atoms with Crippen LogP contribution < -0.4 is 14.8 Å². The average Bonchev–Trinajstić information content (AvgIpc) is 3.02. The van der Waals surface area contributed by atoms with Gasteiger partial charge >= 0.3 is 0 Å². The van der Waals surface area contributed by atoms with Crippen LogP contribution in [0.1, 0.15) is 11.1 Å². The Kier molecular flexibility index (Phi) is 6.52. The van der Waals surface area contributed by atoms with Crippen LogP contribution in [0.25, 0.3) is 0 Å². The van der Waals surface area contributed by atoms with Crippen LogP contribution in [-0.2, 0) is 11.2 Å². The van der Waals surface area contributed by atoms with E-state index in [0.717, 1.165) is 15.6 Å². The minimum Gasteiger partial charge on any atom is -0.493 e. The van der Waals surface area contributed by atoms with Crippen LogP contribution in [0.15, 0.2) is 57.1 Å². The predicted octanol–water partition coefficient (Wildman–Crippen LogP) is 3.63. The summed E-state index contributed by atoms with van der Waals surface area (Å²) >= 11 is 4.80. The molecule has 1 aliphatic heterocycles. The fraction of sp³-hybridized carbons (Fsp3) is 0.211. The molecule has 8 heteroatoms. The van der Waals surface area contributed by atoms with Crippen molar-refractivity contribution in [3.05, 3.63) is 58.1 Å². The quantitative estimate of drug-likeness (QED) is 0.541. The third-order valence-electron chi connectivity index (χ3n) is 3.87. The van der Waals surface area contributed by atoms with Crippen LogP contribution >= 0.6 is 27.7 Å². The van der Waals surface area contributed by atoms with Crippen molar-refractivity contribution >= 4 is 45.0 Å². The molecule has 27 heavy (non-hydrogen) atoms. The second kappa shape index (κ2) is 9.05. The number of nitrogens with zero attached hydrogens (tertiary/aromatic N) is 2. The molecule has 1 fully saturated rings. The van der Waals surface area contributed by atoms with Crippen molar-refractivity contribution in [2.75, 3.05) is 14.2 Å². The molecule has 1 atom stereocenters. The minimum atomic E-state index is -0.207. The summed E-state index contributed by atoms with van der Waals surface area (Å²) in [6, 6.07) is 13.4. The van der Waals surface area contributed by atoms with Gasteiger partial charge in [-0.15, -0.1) is 5.10 Å². The van der Waals surface area contributed by atoms with Crippen molar-refractivity contribution in [2.24, 2.45) is 10.2 Å². The number of methoxy groups -OCH3 is 2. The fourth-order valence-corrected chi connectivity index (χ4v) is 3.73. The zero-order chi connectivity index (χ0) is 19.2. The van der Waals surface area contributed by atoms with Gasteiger partial charge in [0.05, 0.1) is 25.7 Å². The van der Waals surface area contributed by atoms with E-state index in [1.807, 2.05) is 30.3 Å². The van der Waals surface area contributed by atoms with Gasteiger partial charge in [-0.2, -0.15) is 5.10 Å². The fourth-order valence-electron chi connectivity index (χ4n) is 2.50. The summed E-state index contributed by atoms with van der Waals surface area (Å²) in [4.78, 5) is 12.1. The summed E-state index contributed by atoms with van der Waals surface area (Å²) < 4.78 is 11.5. The Bertz CT molecular complexity index is 884. The summed E-state index contributed by atoms with van der Waals surface area (Å²) in [5.74, 6) is 1.21. The van der Waals surface area contributed by atoms with E-state index in [-0.39, 0.29) is 11.2 Å². The first kappa shape index (κ1) is 19.4. The summed E-state index contributed by atoms with van der Waals surface area (Å²) in [5.41, 5.74) is 1.92. The molecule has 0 bridgehead atoms. The van der Waals surface area contributed by atoms with Crippen LogP contribution in [0.4, 0.5) is 0 Å². The van der Waals surface area contributed by atoms with Gasteiger partial charge in [0.25, 0.3) is 0 Å². The summed E-state index contributed by atoms with van der Waals surface area (Å²) in [7, 11) is 3.16. The Labute approximate surface area is 170 Å². The lowest BCUT2D eigenvalue weighted by Gasteiger charge is -2.07. The van der Waals surface area contributed by atoms with E-state index < -0.39 is 0 Å². The first-order valence-electron chi connectivity index (χ1n) is 8.14. The van der Waals surface area contributed by atoms with Crippen LogP contribution in [-0.4, -0.2) is 36.8 Å². The molecule has 1 amide bonds. The molecule has 1 aliphatic rings. The lowest BCUT2D eigenvalue weighted by molar-refractivity contribution is -0.118. The molecule has 0 saturated carbocycles. The van der Waals surface area contributed by atoms with Gasteiger partial charge in [-0.05, 0) is 47.9 Å². The van der Waals surface area contributed by atoms with Gasteiger partial charge in [-0.25, -0.2) is 0 Å². The van der Waals surface area contributed by atoms with Gasteiger partial charge < -0.3 is 14.8 Å². The molecular formula is C19H18BrN3O3S. The molecule has 2 aromatic carbocycles. The third kappa shape index (κ3) is 5.11. The first-order chi connectivity index (χ1) is 13.1. The van der Waals surface area contributed by atoms with Crippen molar-refractivity contribution in [3.8, 4) is 11.5 Å². The van der Waals surface area contributed by atoms with Gasteiger partial charge in [0.2, 0.25) is 5.91 Å². The minimum absolute atomic E-state index is 0.0528. The van der Waals surface area contributed by atoms with Crippen molar-refractivity contribution in [1.82, 2.24) is 5.32 Å². The highest BCUT2D eigenvalue weighted by atomic mass is 79.9. The van der Waals surface area contributed by atoms with Crippen molar-refractivity contribution in [2.45, 2.75) is 11.7 Å². The number of nitrogens with one attached hydrogen (secondary N) is 1. The molecule has 0 aliphatic carbocycles. The molecule has 0 radical (unpaired) electrons. The van der Waals surface area contributed by atoms with E-state index in [2.05, 4.69) is 31.4 Å². The van der Waals surface area contributed by atoms with Crippen molar-refractivity contribution < 1.29 is 14.3 Å². The molecule has 0 aromatic heterocycles. The molecule has 1 unspecified atom stereocenters. The highest BCUT2D eigenvalue weighted by Crippen LogP contribution is 2.27. The molecule has 2 aromatic rings. The number of ether oxygens (including phenoxy) is 2. The monoisotopic (exact) mass is 447 g/mol. The molecule has 1 saturated heterocycles. The number of amidine groups is 1. The van der Waals surface area contributed by atoms with Crippen LogP contribution in [0.5, 0.6) is 11.5 Å². The molecule has 1 N–H and O–H groups in total. The molecule has 6 nitrogen and oxygen atoms in total. The Morgan fingerprint density at radius 2 is 1.89 bits per heavy atom. The second-order valence-electron chi connectivity index (χ2n) is 5.69.